The van der Waals surface area contributed by atoms with Gasteiger partial charge in [-0.3, -0.25) is 4.79 Å². The molecule has 3 heterocycles. The summed E-state index contributed by atoms with van der Waals surface area (Å²) in [6.45, 7) is 3.94. The molecular weight excluding hydrogens is 397 g/mol. The largest absolute Gasteiger partial charge is 0.393 e. The van der Waals surface area contributed by atoms with E-state index in [9.17, 15) is 18.0 Å². The molecule has 3 aromatic rings. The summed E-state index contributed by atoms with van der Waals surface area (Å²) in [4.78, 5) is 22.3. The summed E-state index contributed by atoms with van der Waals surface area (Å²) < 4.78 is 43.4. The summed E-state index contributed by atoms with van der Waals surface area (Å²) in [5.41, 5.74) is 2.66. The number of hydrogen-bond donors (Lipinski definition) is 2. The van der Waals surface area contributed by atoms with Crippen molar-refractivity contribution < 1.29 is 22.7 Å². The lowest BCUT2D eigenvalue weighted by molar-refractivity contribution is -0.127. The summed E-state index contributed by atoms with van der Waals surface area (Å²) in [5.74, 6) is 0.331. The van der Waals surface area contributed by atoms with E-state index in [1.165, 1.54) is 18.3 Å². The number of halogens is 3. The van der Waals surface area contributed by atoms with Crippen LogP contribution in [0.1, 0.15) is 21.5 Å². The molecule has 30 heavy (non-hydrogen) atoms. The molecule has 4 rings (SSSR count). The molecule has 1 amide bonds. The Labute approximate surface area is 171 Å². The zero-order valence-corrected chi connectivity index (χ0v) is 16.3. The smallest absolute Gasteiger partial charge is 0.378 e. The van der Waals surface area contributed by atoms with Gasteiger partial charge in [-0.15, -0.1) is 0 Å². The molecule has 0 bridgehead atoms. The van der Waals surface area contributed by atoms with Gasteiger partial charge in [-0.25, -0.2) is 4.98 Å². The number of morpholine rings is 1. The zero-order chi connectivity index (χ0) is 21.3. The van der Waals surface area contributed by atoms with Crippen molar-refractivity contribution in [1.29, 1.82) is 0 Å². The van der Waals surface area contributed by atoms with Gasteiger partial charge in [0.2, 0.25) is 0 Å². The molecule has 2 aromatic heterocycles. The highest BCUT2D eigenvalue weighted by atomic mass is 19.4. The monoisotopic (exact) mass is 418 g/mol. The van der Waals surface area contributed by atoms with Crippen LogP contribution in [0.4, 0.5) is 24.7 Å². The molecule has 0 radical (unpaired) electrons. The minimum Gasteiger partial charge on any atom is -0.378 e. The first kappa shape index (κ1) is 20.2. The Morgan fingerprint density at radius 2 is 2.07 bits per heavy atom. The molecular formula is C21H21F3N4O2. The number of amides is 1. The van der Waals surface area contributed by atoms with Crippen LogP contribution in [0.5, 0.6) is 0 Å². The molecule has 1 aliphatic heterocycles. The third kappa shape index (κ3) is 4.25. The average Bonchev–Trinajstić information content (AvgIpc) is 3.10. The van der Waals surface area contributed by atoms with Crippen LogP contribution in [0.15, 0.2) is 36.7 Å². The van der Waals surface area contributed by atoms with Gasteiger partial charge in [0.15, 0.2) is 5.82 Å². The highest BCUT2D eigenvalue weighted by Gasteiger charge is 2.28. The van der Waals surface area contributed by atoms with Gasteiger partial charge < -0.3 is 19.9 Å². The normalized spacial score (nSPS) is 14.9. The molecule has 0 spiro atoms. The van der Waals surface area contributed by atoms with Crippen molar-refractivity contribution in [3.8, 4) is 0 Å². The van der Waals surface area contributed by atoms with E-state index >= 15 is 0 Å². The maximum absolute atomic E-state index is 13.0. The number of carbonyl (C=O) groups excluding carboxylic acids is 1. The molecule has 1 fully saturated rings. The van der Waals surface area contributed by atoms with Crippen LogP contribution in [0, 0.1) is 6.92 Å². The van der Waals surface area contributed by atoms with Gasteiger partial charge in [-0.1, -0.05) is 12.1 Å². The van der Waals surface area contributed by atoms with E-state index in [0.29, 0.717) is 48.9 Å². The number of hydrogen-bond acceptors (Lipinski definition) is 4. The lowest BCUT2D eigenvalue weighted by Gasteiger charge is -2.27. The molecule has 158 valence electrons. The van der Waals surface area contributed by atoms with Crippen molar-refractivity contribution in [3.05, 3.63) is 53.3 Å². The van der Waals surface area contributed by atoms with Crippen LogP contribution in [0.3, 0.4) is 0 Å². The minimum absolute atomic E-state index is 0.114. The zero-order valence-electron chi connectivity index (χ0n) is 16.3. The number of aromatic nitrogens is 2. The number of nitrogens with zero attached hydrogens (tertiary/aromatic N) is 2. The highest BCUT2D eigenvalue weighted by Crippen LogP contribution is 2.30. The number of ether oxygens (including phenoxy) is 1. The summed E-state index contributed by atoms with van der Waals surface area (Å²) >= 11 is 0. The van der Waals surface area contributed by atoms with Gasteiger partial charge in [0.1, 0.15) is 0 Å². The Hall–Kier alpha value is -3.07. The predicted molar refractivity (Wildman–Crippen MR) is 107 cm³/mol. The van der Waals surface area contributed by atoms with E-state index in [2.05, 4.69) is 15.3 Å². The average molecular weight is 418 g/mol. The van der Waals surface area contributed by atoms with Gasteiger partial charge in [0, 0.05) is 36.6 Å². The molecule has 1 saturated heterocycles. The van der Waals surface area contributed by atoms with Gasteiger partial charge in [0.05, 0.1) is 30.7 Å². The van der Waals surface area contributed by atoms with Crippen molar-refractivity contribution in [3.63, 3.8) is 0 Å². The third-order valence-corrected chi connectivity index (χ3v) is 5.03. The number of aromatic amines is 1. The minimum atomic E-state index is -4.28. The molecule has 0 aliphatic carbocycles. The summed E-state index contributed by atoms with van der Waals surface area (Å²) in [7, 11) is 0. The van der Waals surface area contributed by atoms with Crippen LogP contribution < -0.4 is 5.32 Å². The second kappa shape index (κ2) is 7.98. The van der Waals surface area contributed by atoms with Gasteiger partial charge >= 0.3 is 6.18 Å². The van der Waals surface area contributed by atoms with Crippen molar-refractivity contribution in [2.75, 3.05) is 31.6 Å². The first-order valence-corrected chi connectivity index (χ1v) is 9.58. The number of fused-ring (bicyclic) bond motifs is 1. The van der Waals surface area contributed by atoms with E-state index in [4.69, 9.17) is 4.74 Å². The quantitative estimate of drug-likeness (QED) is 0.667. The van der Waals surface area contributed by atoms with Crippen molar-refractivity contribution in [1.82, 2.24) is 14.9 Å². The first-order valence-electron chi connectivity index (χ1n) is 9.58. The molecule has 1 aromatic carbocycles. The van der Waals surface area contributed by atoms with Gasteiger partial charge in [-0.2, -0.15) is 13.2 Å². The Balaban J connectivity index is 1.65. The van der Waals surface area contributed by atoms with E-state index in [-0.39, 0.29) is 11.5 Å². The van der Waals surface area contributed by atoms with Crippen LogP contribution in [-0.2, 0) is 11.2 Å². The number of aryl methyl sites for hydroxylation is 1. The summed E-state index contributed by atoms with van der Waals surface area (Å²) in [6, 6.07) is 6.13. The van der Waals surface area contributed by atoms with Crippen molar-refractivity contribution in [2.45, 2.75) is 19.5 Å². The number of alkyl halides is 3. The number of pyridine rings is 1. The number of benzene rings is 1. The molecule has 9 heteroatoms. The van der Waals surface area contributed by atoms with Crippen molar-refractivity contribution >= 4 is 28.3 Å². The lowest BCUT2D eigenvalue weighted by Crippen LogP contribution is -2.40. The highest BCUT2D eigenvalue weighted by molar-refractivity contribution is 6.10. The van der Waals surface area contributed by atoms with Gasteiger partial charge in [-0.05, 0) is 30.2 Å². The lowest BCUT2D eigenvalue weighted by atomic mass is 10.1. The van der Waals surface area contributed by atoms with Crippen molar-refractivity contribution in [2.24, 2.45) is 0 Å². The maximum atomic E-state index is 13.0. The third-order valence-electron chi connectivity index (χ3n) is 5.03. The summed E-state index contributed by atoms with van der Waals surface area (Å²) in [6.07, 6.45) is -1.97. The second-order valence-electron chi connectivity index (χ2n) is 7.26. The Morgan fingerprint density at radius 1 is 1.30 bits per heavy atom. The fourth-order valence-electron chi connectivity index (χ4n) is 3.63. The molecule has 0 saturated carbocycles. The SMILES string of the molecule is Cc1c[nH]c2c(Nc3cccc(CC(F)(F)F)c3)ncc(C(=O)N3CCOCC3)c12. The van der Waals surface area contributed by atoms with E-state index in [1.807, 2.05) is 6.92 Å². The fraction of sp³-hybridized carbons (Fsp3) is 0.333. The Morgan fingerprint density at radius 3 is 2.80 bits per heavy atom. The molecule has 0 atom stereocenters. The maximum Gasteiger partial charge on any atom is 0.393 e. The molecule has 2 N–H and O–H groups in total. The molecule has 1 aliphatic rings. The van der Waals surface area contributed by atoms with E-state index in [0.717, 1.165) is 10.9 Å². The summed E-state index contributed by atoms with van der Waals surface area (Å²) in [5, 5.41) is 3.82. The Bertz CT molecular complexity index is 1070. The van der Waals surface area contributed by atoms with E-state index in [1.54, 1.807) is 23.2 Å². The molecule has 0 unspecified atom stereocenters. The standard InChI is InChI=1S/C21H21F3N4O2/c1-13-11-25-18-17(13)16(20(29)28-5-7-30-8-6-28)12-26-19(18)27-15-4-2-3-14(9-15)10-21(22,23)24/h2-4,9,11-12,25H,5-8,10H2,1H3,(H,26,27). The number of rotatable bonds is 4. The predicted octanol–water partition coefficient (Wildman–Crippen LogP) is 4.19. The van der Waals surface area contributed by atoms with Crippen LogP contribution >= 0.6 is 0 Å². The Kier molecular flexibility index (Phi) is 5.38. The number of H-pyrrole nitrogens is 1. The van der Waals surface area contributed by atoms with Gasteiger partial charge in [0.25, 0.3) is 5.91 Å². The topological polar surface area (TPSA) is 70.2 Å². The van der Waals surface area contributed by atoms with Crippen LogP contribution in [0.25, 0.3) is 10.9 Å². The van der Waals surface area contributed by atoms with E-state index < -0.39 is 12.6 Å². The van der Waals surface area contributed by atoms with Crippen LogP contribution in [-0.4, -0.2) is 53.3 Å². The number of carbonyl (C=O) groups is 1. The number of anilines is 2. The number of nitrogens with one attached hydrogen (secondary N) is 2. The first-order chi connectivity index (χ1) is 14.3. The van der Waals surface area contributed by atoms with Crippen LogP contribution in [0.2, 0.25) is 0 Å². The fourth-order valence-corrected chi connectivity index (χ4v) is 3.63. The second-order valence-corrected chi connectivity index (χ2v) is 7.26. The molecule has 6 nitrogen and oxygen atoms in total.